The zero-order valence-corrected chi connectivity index (χ0v) is 12.2. The van der Waals surface area contributed by atoms with Crippen LogP contribution in [0.1, 0.15) is 29.7 Å². The van der Waals surface area contributed by atoms with Crippen LogP contribution < -0.4 is 5.48 Å². The van der Waals surface area contributed by atoms with Crippen molar-refractivity contribution in [2.75, 3.05) is 6.61 Å². The summed E-state index contributed by atoms with van der Waals surface area (Å²) in [6.45, 7) is 5.16. The van der Waals surface area contributed by atoms with Gasteiger partial charge in [0, 0.05) is 17.0 Å². The number of alkyl halides is 3. The van der Waals surface area contributed by atoms with Gasteiger partial charge in [0.15, 0.2) is 0 Å². The van der Waals surface area contributed by atoms with Crippen LogP contribution in [-0.2, 0) is 22.2 Å². The molecule has 0 unspecified atom stereocenters. The maximum atomic E-state index is 12.7. The first kappa shape index (κ1) is 16.1. The number of amides is 1. The van der Waals surface area contributed by atoms with Gasteiger partial charge >= 0.3 is 6.18 Å². The van der Waals surface area contributed by atoms with Gasteiger partial charge in [-0.3, -0.25) is 9.63 Å². The van der Waals surface area contributed by atoms with E-state index in [1.807, 2.05) is 0 Å². The average molecular weight is 317 g/mol. The maximum absolute atomic E-state index is 12.7. The van der Waals surface area contributed by atoms with Crippen LogP contribution in [0.3, 0.4) is 0 Å². The van der Waals surface area contributed by atoms with Gasteiger partial charge in [-0.2, -0.15) is 18.2 Å². The number of nitrogens with zero attached hydrogens (tertiary/aromatic N) is 4. The molecule has 0 atom stereocenters. The molecule has 2 aromatic rings. The Morgan fingerprint density at radius 1 is 1.32 bits per heavy atom. The molecule has 0 spiro atoms. The van der Waals surface area contributed by atoms with E-state index in [-0.39, 0.29) is 12.2 Å². The van der Waals surface area contributed by atoms with E-state index < -0.39 is 17.9 Å². The van der Waals surface area contributed by atoms with E-state index in [1.54, 1.807) is 20.8 Å². The van der Waals surface area contributed by atoms with Gasteiger partial charge in [-0.05, 0) is 20.8 Å². The highest BCUT2D eigenvalue weighted by atomic mass is 19.4. The molecule has 10 heteroatoms. The summed E-state index contributed by atoms with van der Waals surface area (Å²) in [6, 6.07) is 0. The lowest BCUT2D eigenvalue weighted by Gasteiger charge is -2.10. The quantitative estimate of drug-likeness (QED) is 0.861. The van der Waals surface area contributed by atoms with Crippen molar-refractivity contribution in [2.45, 2.75) is 33.4 Å². The van der Waals surface area contributed by atoms with Gasteiger partial charge in [0.25, 0.3) is 11.6 Å². The Morgan fingerprint density at radius 2 is 2.00 bits per heavy atom. The number of carbonyl (C=O) groups excluding carboxylic acids is 1. The molecule has 2 heterocycles. The number of fused-ring (bicyclic) bond motifs is 1. The third-order valence-electron chi connectivity index (χ3n) is 2.97. The maximum Gasteiger partial charge on any atom is 0.453 e. The summed E-state index contributed by atoms with van der Waals surface area (Å²) in [5.41, 5.74) is 3.48. The van der Waals surface area contributed by atoms with Crippen LogP contribution in [-0.4, -0.2) is 32.1 Å². The summed E-state index contributed by atoms with van der Waals surface area (Å²) in [5.74, 6) is -1.85. The first-order valence-electron chi connectivity index (χ1n) is 6.44. The number of aromatic nitrogens is 4. The SMILES string of the molecule is CCONC(=O)Cc1c(C)nc2nc(C(F)(F)F)nn2c1C. The predicted octanol–water partition coefficient (Wildman–Crippen LogP) is 1.37. The van der Waals surface area contributed by atoms with Crippen molar-refractivity contribution < 1.29 is 22.8 Å². The Morgan fingerprint density at radius 3 is 2.59 bits per heavy atom. The molecule has 0 aliphatic heterocycles. The second kappa shape index (κ2) is 5.87. The van der Waals surface area contributed by atoms with Crippen molar-refractivity contribution in [1.82, 2.24) is 25.1 Å². The van der Waals surface area contributed by atoms with E-state index in [1.165, 1.54) is 0 Å². The van der Waals surface area contributed by atoms with Gasteiger partial charge < -0.3 is 0 Å². The molecule has 0 aliphatic carbocycles. The van der Waals surface area contributed by atoms with Crippen LogP contribution in [0.4, 0.5) is 13.2 Å². The van der Waals surface area contributed by atoms with Crippen molar-refractivity contribution in [3.05, 3.63) is 22.8 Å². The molecule has 0 fully saturated rings. The third-order valence-corrected chi connectivity index (χ3v) is 2.97. The van der Waals surface area contributed by atoms with Crippen molar-refractivity contribution in [3.63, 3.8) is 0 Å². The van der Waals surface area contributed by atoms with E-state index in [0.29, 0.717) is 23.6 Å². The topological polar surface area (TPSA) is 81.4 Å². The molecule has 0 aromatic carbocycles. The Labute approximate surface area is 123 Å². The lowest BCUT2D eigenvalue weighted by molar-refractivity contribution is -0.144. The Kier molecular flexibility index (Phi) is 4.31. The van der Waals surface area contributed by atoms with E-state index >= 15 is 0 Å². The summed E-state index contributed by atoms with van der Waals surface area (Å²) in [7, 11) is 0. The molecule has 2 rings (SSSR count). The van der Waals surface area contributed by atoms with Crippen molar-refractivity contribution in [1.29, 1.82) is 0 Å². The second-order valence-corrected chi connectivity index (χ2v) is 4.54. The largest absolute Gasteiger partial charge is 0.453 e. The van der Waals surface area contributed by atoms with Crippen LogP contribution in [0.2, 0.25) is 0 Å². The van der Waals surface area contributed by atoms with Crippen molar-refractivity contribution in [3.8, 4) is 0 Å². The smallest absolute Gasteiger partial charge is 0.274 e. The van der Waals surface area contributed by atoms with Crippen molar-refractivity contribution >= 4 is 11.7 Å². The Balaban J connectivity index is 2.41. The number of aryl methyl sites for hydroxylation is 2. The van der Waals surface area contributed by atoms with Crippen molar-refractivity contribution in [2.24, 2.45) is 0 Å². The minimum atomic E-state index is -4.65. The fourth-order valence-electron chi connectivity index (χ4n) is 1.93. The number of hydrogen-bond acceptors (Lipinski definition) is 5. The van der Waals surface area contributed by atoms with Gasteiger partial charge in [-0.15, -0.1) is 5.10 Å². The van der Waals surface area contributed by atoms with Crippen LogP contribution in [0.25, 0.3) is 5.78 Å². The molecular weight excluding hydrogens is 303 g/mol. The van der Waals surface area contributed by atoms with E-state index in [4.69, 9.17) is 4.84 Å². The van der Waals surface area contributed by atoms with Gasteiger partial charge in [0.2, 0.25) is 5.91 Å². The monoisotopic (exact) mass is 317 g/mol. The molecule has 22 heavy (non-hydrogen) atoms. The normalized spacial score (nSPS) is 11.9. The van der Waals surface area contributed by atoms with Crippen LogP contribution >= 0.6 is 0 Å². The third kappa shape index (κ3) is 3.16. The van der Waals surface area contributed by atoms with Gasteiger partial charge in [0.1, 0.15) is 0 Å². The van der Waals surface area contributed by atoms with Crippen LogP contribution in [0.15, 0.2) is 0 Å². The molecule has 0 saturated heterocycles. The number of halogens is 3. The molecule has 1 amide bonds. The fourth-order valence-corrected chi connectivity index (χ4v) is 1.93. The predicted molar refractivity (Wildman–Crippen MR) is 68.7 cm³/mol. The minimum absolute atomic E-state index is 0.0815. The van der Waals surface area contributed by atoms with E-state index in [2.05, 4.69) is 20.5 Å². The van der Waals surface area contributed by atoms with E-state index in [0.717, 1.165) is 4.52 Å². The second-order valence-electron chi connectivity index (χ2n) is 4.54. The highest BCUT2D eigenvalue weighted by Crippen LogP contribution is 2.27. The number of carbonyl (C=O) groups is 1. The molecule has 0 bridgehead atoms. The lowest BCUT2D eigenvalue weighted by atomic mass is 10.1. The number of hydroxylamine groups is 1. The number of hydrogen-bond donors (Lipinski definition) is 1. The van der Waals surface area contributed by atoms with Gasteiger partial charge in [-0.25, -0.2) is 15.0 Å². The average Bonchev–Trinajstić information content (AvgIpc) is 2.85. The number of rotatable bonds is 4. The summed E-state index contributed by atoms with van der Waals surface area (Å²) in [5, 5.41) is 3.41. The minimum Gasteiger partial charge on any atom is -0.274 e. The molecule has 0 aliphatic rings. The summed E-state index contributed by atoms with van der Waals surface area (Å²) in [6.07, 6.45) is -4.73. The van der Waals surface area contributed by atoms with Crippen LogP contribution in [0.5, 0.6) is 0 Å². The lowest BCUT2D eigenvalue weighted by Crippen LogP contribution is -2.26. The van der Waals surface area contributed by atoms with Crippen LogP contribution in [0, 0.1) is 13.8 Å². The molecule has 7 nitrogen and oxygen atoms in total. The summed E-state index contributed by atoms with van der Waals surface area (Å²) < 4.78 is 39.0. The summed E-state index contributed by atoms with van der Waals surface area (Å²) in [4.78, 5) is 23.8. The molecule has 120 valence electrons. The first-order valence-corrected chi connectivity index (χ1v) is 6.44. The highest BCUT2D eigenvalue weighted by molar-refractivity contribution is 5.78. The molecular formula is C12H14F3N5O2. The molecule has 0 saturated carbocycles. The van der Waals surface area contributed by atoms with Gasteiger partial charge in [-0.1, -0.05) is 0 Å². The Hall–Kier alpha value is -2.23. The molecule has 2 aromatic heterocycles. The fraction of sp³-hybridized carbons (Fsp3) is 0.500. The van der Waals surface area contributed by atoms with E-state index in [9.17, 15) is 18.0 Å². The van der Waals surface area contributed by atoms with Gasteiger partial charge in [0.05, 0.1) is 13.0 Å². The zero-order valence-electron chi connectivity index (χ0n) is 12.2. The first-order chi connectivity index (χ1) is 10.2. The molecule has 0 radical (unpaired) electrons. The zero-order chi connectivity index (χ0) is 16.5. The number of nitrogens with one attached hydrogen (secondary N) is 1. The Bertz CT molecular complexity index is 711. The molecule has 1 N–H and O–H groups in total. The standard InChI is InChI=1S/C12H14F3N5O2/c1-4-22-19-9(21)5-8-6(2)16-11-17-10(12(13,14)15)18-20(11)7(8)3/h4-5H2,1-3H3,(H,19,21). The summed E-state index contributed by atoms with van der Waals surface area (Å²) >= 11 is 0. The highest BCUT2D eigenvalue weighted by Gasteiger charge is 2.37.